The van der Waals surface area contributed by atoms with Crippen molar-refractivity contribution in [3.63, 3.8) is 0 Å². The van der Waals surface area contributed by atoms with E-state index in [4.69, 9.17) is 4.52 Å². The Morgan fingerprint density at radius 1 is 1.29 bits per heavy atom. The van der Waals surface area contributed by atoms with E-state index < -0.39 is 15.6 Å². The van der Waals surface area contributed by atoms with Gasteiger partial charge >= 0.3 is 0 Å². The lowest BCUT2D eigenvalue weighted by Crippen LogP contribution is -2.40. The normalized spacial score (nSPS) is 25.9. The van der Waals surface area contributed by atoms with Crippen molar-refractivity contribution < 1.29 is 18.0 Å². The predicted molar refractivity (Wildman–Crippen MR) is 133 cm³/mol. The van der Waals surface area contributed by atoms with Crippen molar-refractivity contribution in [2.45, 2.75) is 63.5 Å². The molecule has 3 aromatic heterocycles. The van der Waals surface area contributed by atoms with Crippen LogP contribution < -0.4 is 4.90 Å². The molecule has 5 rings (SSSR count). The fourth-order valence-corrected chi connectivity index (χ4v) is 7.51. The number of nitrogens with one attached hydrogen (secondary N) is 1. The average Bonchev–Trinajstić information content (AvgIpc) is 3.57. The van der Waals surface area contributed by atoms with Gasteiger partial charge in [0.05, 0.1) is 22.4 Å². The minimum Gasteiger partial charge on any atom is -0.388 e. The molecule has 4 heterocycles. The van der Waals surface area contributed by atoms with Crippen LogP contribution in [-0.4, -0.2) is 75.5 Å². The molecule has 2 aliphatic rings. The SMILES string of the molecule is Cc1cc(CC[C@]2(O)CCN(S(=O)(=O)CC3CCC(N(C)c4ncnc5[nH]ccc45)CC3)C2)on1. The van der Waals surface area contributed by atoms with Gasteiger partial charge in [0.1, 0.15) is 23.6 Å². The fraction of sp³-hybridized carbons (Fsp3) is 0.625. The summed E-state index contributed by atoms with van der Waals surface area (Å²) in [5.74, 6) is 1.91. The molecule has 0 radical (unpaired) electrons. The van der Waals surface area contributed by atoms with E-state index in [1.54, 1.807) is 6.33 Å². The first-order valence-corrected chi connectivity index (χ1v) is 14.0. The van der Waals surface area contributed by atoms with Crippen LogP contribution in [-0.2, 0) is 16.4 Å². The zero-order chi connectivity index (χ0) is 24.6. The van der Waals surface area contributed by atoms with Gasteiger partial charge in [0, 0.05) is 44.9 Å². The van der Waals surface area contributed by atoms with Crippen LogP contribution in [0.4, 0.5) is 5.82 Å². The number of fused-ring (bicyclic) bond motifs is 1. The summed E-state index contributed by atoms with van der Waals surface area (Å²) in [6, 6.07) is 4.16. The third-order valence-corrected chi connectivity index (χ3v) is 9.67. The summed E-state index contributed by atoms with van der Waals surface area (Å²) in [7, 11) is -1.36. The lowest BCUT2D eigenvalue weighted by molar-refractivity contribution is 0.0455. The van der Waals surface area contributed by atoms with Gasteiger partial charge in [-0.25, -0.2) is 18.4 Å². The van der Waals surface area contributed by atoms with Crippen LogP contribution in [0, 0.1) is 12.8 Å². The Morgan fingerprint density at radius 3 is 2.83 bits per heavy atom. The maximum atomic E-state index is 13.2. The molecule has 2 fully saturated rings. The zero-order valence-corrected chi connectivity index (χ0v) is 21.2. The van der Waals surface area contributed by atoms with Crippen LogP contribution in [0.3, 0.4) is 0 Å². The highest BCUT2D eigenvalue weighted by molar-refractivity contribution is 7.89. The molecule has 11 heteroatoms. The summed E-state index contributed by atoms with van der Waals surface area (Å²) in [5.41, 5.74) is 0.608. The summed E-state index contributed by atoms with van der Waals surface area (Å²) < 4.78 is 33.1. The molecule has 10 nitrogen and oxygen atoms in total. The molecule has 190 valence electrons. The molecule has 1 saturated carbocycles. The third kappa shape index (κ3) is 5.22. The highest BCUT2D eigenvalue weighted by Crippen LogP contribution is 2.34. The molecule has 1 atom stereocenters. The number of hydrogen-bond acceptors (Lipinski definition) is 8. The first kappa shape index (κ1) is 24.2. The second-order valence-electron chi connectivity index (χ2n) is 10.2. The largest absolute Gasteiger partial charge is 0.388 e. The number of nitrogens with zero attached hydrogens (tertiary/aromatic N) is 5. The first-order chi connectivity index (χ1) is 16.7. The van der Waals surface area contributed by atoms with Crippen molar-refractivity contribution in [2.75, 3.05) is 30.8 Å². The monoisotopic (exact) mass is 502 g/mol. The van der Waals surface area contributed by atoms with Gasteiger partial charge in [-0.3, -0.25) is 0 Å². The molecule has 0 amide bonds. The van der Waals surface area contributed by atoms with E-state index in [0.29, 0.717) is 31.8 Å². The van der Waals surface area contributed by atoms with Crippen LogP contribution >= 0.6 is 0 Å². The van der Waals surface area contributed by atoms with Gasteiger partial charge in [-0.05, 0) is 57.4 Å². The van der Waals surface area contributed by atoms with Crippen molar-refractivity contribution >= 4 is 26.9 Å². The number of aliphatic hydroxyl groups is 1. The first-order valence-electron chi connectivity index (χ1n) is 12.4. The Kier molecular flexibility index (Phi) is 6.58. The molecule has 1 saturated heterocycles. The van der Waals surface area contributed by atoms with Crippen molar-refractivity contribution in [1.29, 1.82) is 0 Å². The Labute approximate surface area is 205 Å². The number of β-amino-alcohol motifs (C(OH)–C–C–N with tert-alkyl or cyclic N) is 1. The standard InChI is InChI=1S/C24H34N6O4S/c1-17-13-20(34-28-17)7-9-24(31)10-12-30(15-24)35(32,33)14-18-3-5-19(6-4-18)29(2)23-21-8-11-25-22(21)26-16-27-23/h8,11,13,16,18-19,31H,3-7,9-10,12,14-15H2,1-2H3,(H,25,26,27)/t18?,19?,24-/m0/s1. The van der Waals surface area contributed by atoms with E-state index in [1.165, 1.54) is 4.31 Å². The minimum atomic E-state index is -3.42. The maximum Gasteiger partial charge on any atom is 0.214 e. The van der Waals surface area contributed by atoms with Gasteiger partial charge in [-0.2, -0.15) is 4.31 Å². The van der Waals surface area contributed by atoms with E-state index in [9.17, 15) is 13.5 Å². The van der Waals surface area contributed by atoms with Gasteiger partial charge in [0.25, 0.3) is 0 Å². The quantitative estimate of drug-likeness (QED) is 0.481. The van der Waals surface area contributed by atoms with Crippen LogP contribution in [0.2, 0.25) is 0 Å². The molecular weight excluding hydrogens is 468 g/mol. The number of hydrogen-bond donors (Lipinski definition) is 2. The number of aryl methyl sites for hydroxylation is 2. The molecule has 0 unspecified atom stereocenters. The van der Waals surface area contributed by atoms with Crippen molar-refractivity contribution in [3.8, 4) is 0 Å². The summed E-state index contributed by atoms with van der Waals surface area (Å²) >= 11 is 0. The third-order valence-electron chi connectivity index (χ3n) is 7.68. The molecule has 2 N–H and O–H groups in total. The van der Waals surface area contributed by atoms with Crippen LogP contribution in [0.25, 0.3) is 11.0 Å². The number of rotatable bonds is 8. The Balaban J connectivity index is 1.13. The molecule has 0 aromatic carbocycles. The second kappa shape index (κ2) is 9.51. The van der Waals surface area contributed by atoms with Gasteiger partial charge in [-0.1, -0.05) is 5.16 Å². The van der Waals surface area contributed by atoms with Gasteiger partial charge in [0.15, 0.2) is 0 Å². The van der Waals surface area contributed by atoms with Crippen LogP contribution in [0.1, 0.15) is 50.0 Å². The number of sulfonamides is 1. The minimum absolute atomic E-state index is 0.133. The summed E-state index contributed by atoms with van der Waals surface area (Å²) in [6.07, 6.45) is 8.47. The van der Waals surface area contributed by atoms with Crippen LogP contribution in [0.15, 0.2) is 29.2 Å². The van der Waals surface area contributed by atoms with E-state index in [2.05, 4.69) is 32.1 Å². The van der Waals surface area contributed by atoms with Gasteiger partial charge < -0.3 is 19.5 Å². The van der Waals surface area contributed by atoms with Crippen LogP contribution in [0.5, 0.6) is 0 Å². The number of aromatic nitrogens is 4. The lowest BCUT2D eigenvalue weighted by atomic mass is 9.86. The molecule has 1 aliphatic carbocycles. The number of anilines is 1. The molecule has 1 aliphatic heterocycles. The molecule has 0 bridgehead atoms. The molecule has 0 spiro atoms. The van der Waals surface area contributed by atoms with Gasteiger partial charge in [0.2, 0.25) is 10.0 Å². The van der Waals surface area contributed by atoms with Crippen molar-refractivity contribution in [3.05, 3.63) is 36.1 Å². The summed E-state index contributed by atoms with van der Waals surface area (Å²) in [4.78, 5) is 14.1. The topological polar surface area (TPSA) is 128 Å². The van der Waals surface area contributed by atoms with Gasteiger partial charge in [-0.15, -0.1) is 0 Å². The average molecular weight is 503 g/mol. The van der Waals surface area contributed by atoms with E-state index in [1.807, 2.05) is 25.3 Å². The van der Waals surface area contributed by atoms with Crippen molar-refractivity contribution in [1.82, 2.24) is 24.4 Å². The smallest absolute Gasteiger partial charge is 0.214 e. The lowest BCUT2D eigenvalue weighted by Gasteiger charge is -2.35. The van der Waals surface area contributed by atoms with E-state index in [-0.39, 0.29) is 18.2 Å². The second-order valence-corrected chi connectivity index (χ2v) is 12.3. The highest BCUT2D eigenvalue weighted by atomic mass is 32.2. The Hall–Kier alpha value is -2.50. The molecular formula is C24H34N6O4S. The molecule has 3 aromatic rings. The zero-order valence-electron chi connectivity index (χ0n) is 20.4. The number of aromatic amines is 1. The maximum absolute atomic E-state index is 13.2. The van der Waals surface area contributed by atoms with E-state index >= 15 is 0 Å². The predicted octanol–water partition coefficient (Wildman–Crippen LogP) is 2.65. The highest BCUT2D eigenvalue weighted by Gasteiger charge is 2.42. The Morgan fingerprint density at radius 2 is 2.09 bits per heavy atom. The Bertz CT molecular complexity index is 1270. The summed E-state index contributed by atoms with van der Waals surface area (Å²) in [5, 5.41) is 15.9. The molecule has 35 heavy (non-hydrogen) atoms. The van der Waals surface area contributed by atoms with Crippen molar-refractivity contribution in [2.24, 2.45) is 5.92 Å². The number of H-pyrrole nitrogens is 1. The fourth-order valence-electron chi connectivity index (χ4n) is 5.57. The summed E-state index contributed by atoms with van der Waals surface area (Å²) in [6.45, 7) is 2.38. The van der Waals surface area contributed by atoms with E-state index in [0.717, 1.165) is 54.0 Å².